The third-order valence-electron chi connectivity index (χ3n) is 1.72. The molecule has 1 heterocycles. The van der Waals surface area contributed by atoms with Crippen molar-refractivity contribution in [2.24, 2.45) is 5.92 Å². The molecule has 12 heavy (non-hydrogen) atoms. The lowest BCUT2D eigenvalue weighted by Gasteiger charge is -2.03. The molecular weight excluding hydrogens is 216 g/mol. The second-order valence-corrected chi connectivity index (χ2v) is 4.24. The Labute approximate surface area is 82.1 Å². The van der Waals surface area contributed by atoms with Crippen LogP contribution in [0.25, 0.3) is 0 Å². The first-order valence-electron chi connectivity index (χ1n) is 4.29. The Morgan fingerprint density at radius 3 is 2.92 bits per heavy atom. The van der Waals surface area contributed by atoms with E-state index in [4.69, 9.17) is 0 Å². The molecular formula is C9H14BrN2. The van der Waals surface area contributed by atoms with Gasteiger partial charge in [-0.1, -0.05) is 13.8 Å². The first kappa shape index (κ1) is 9.78. The monoisotopic (exact) mass is 229 g/mol. The summed E-state index contributed by atoms with van der Waals surface area (Å²) in [5.41, 5.74) is 0. The van der Waals surface area contributed by atoms with Gasteiger partial charge in [-0.3, -0.25) is 4.68 Å². The van der Waals surface area contributed by atoms with Crippen molar-refractivity contribution in [3.63, 3.8) is 0 Å². The quantitative estimate of drug-likeness (QED) is 0.777. The Bertz CT molecular complexity index is 230. The maximum atomic E-state index is 4.06. The highest BCUT2D eigenvalue weighted by atomic mass is 79.9. The Balaban J connectivity index is 2.24. The van der Waals surface area contributed by atoms with Gasteiger partial charge < -0.3 is 0 Å². The first-order chi connectivity index (χ1) is 5.68. The van der Waals surface area contributed by atoms with Gasteiger partial charge in [0.2, 0.25) is 0 Å². The fraction of sp³-hybridized carbons (Fsp3) is 0.667. The van der Waals surface area contributed by atoms with Crippen molar-refractivity contribution >= 4 is 15.9 Å². The number of halogens is 1. The van der Waals surface area contributed by atoms with Crippen molar-refractivity contribution in [2.75, 3.05) is 0 Å². The first-order valence-corrected chi connectivity index (χ1v) is 5.08. The molecule has 0 saturated heterocycles. The lowest BCUT2D eigenvalue weighted by atomic mass is 10.1. The van der Waals surface area contributed by atoms with E-state index in [0.717, 1.165) is 16.9 Å². The molecule has 0 saturated carbocycles. The SMILES string of the molecule is CC(C)CCCn1cc(Br)[c]n1. The zero-order valence-corrected chi connectivity index (χ0v) is 9.13. The molecule has 0 fully saturated rings. The molecule has 0 amide bonds. The van der Waals surface area contributed by atoms with Crippen molar-refractivity contribution in [3.05, 3.63) is 16.9 Å². The smallest absolute Gasteiger partial charge is 0.128 e. The fourth-order valence-corrected chi connectivity index (χ4v) is 1.39. The maximum Gasteiger partial charge on any atom is 0.128 e. The zero-order valence-electron chi connectivity index (χ0n) is 7.55. The molecule has 0 bridgehead atoms. The van der Waals surface area contributed by atoms with E-state index in [-0.39, 0.29) is 0 Å². The van der Waals surface area contributed by atoms with Gasteiger partial charge >= 0.3 is 0 Å². The van der Waals surface area contributed by atoms with Gasteiger partial charge in [0.15, 0.2) is 0 Å². The van der Waals surface area contributed by atoms with Crippen LogP contribution in [0.4, 0.5) is 0 Å². The zero-order chi connectivity index (χ0) is 8.97. The van der Waals surface area contributed by atoms with E-state index >= 15 is 0 Å². The highest BCUT2D eigenvalue weighted by molar-refractivity contribution is 9.10. The topological polar surface area (TPSA) is 17.8 Å². The van der Waals surface area contributed by atoms with Crippen LogP contribution in [-0.2, 0) is 6.54 Å². The van der Waals surface area contributed by atoms with Crippen LogP contribution in [0.3, 0.4) is 0 Å². The van der Waals surface area contributed by atoms with Crippen LogP contribution in [0.15, 0.2) is 10.7 Å². The summed E-state index contributed by atoms with van der Waals surface area (Å²) >= 11 is 3.31. The van der Waals surface area contributed by atoms with E-state index in [1.807, 2.05) is 10.9 Å². The summed E-state index contributed by atoms with van der Waals surface area (Å²) in [7, 11) is 0. The molecule has 1 rings (SSSR count). The molecule has 0 N–H and O–H groups in total. The van der Waals surface area contributed by atoms with Gasteiger partial charge in [0.25, 0.3) is 0 Å². The molecule has 67 valence electrons. The Morgan fingerprint density at radius 1 is 1.67 bits per heavy atom. The minimum atomic E-state index is 0.785. The highest BCUT2D eigenvalue weighted by Gasteiger charge is 1.97. The second-order valence-electron chi connectivity index (χ2n) is 3.39. The Morgan fingerprint density at radius 2 is 2.42 bits per heavy atom. The average molecular weight is 230 g/mol. The minimum Gasteiger partial charge on any atom is -0.271 e. The number of aromatic nitrogens is 2. The van der Waals surface area contributed by atoms with Crippen molar-refractivity contribution in [2.45, 2.75) is 33.2 Å². The summed E-state index contributed by atoms with van der Waals surface area (Å²) in [6.45, 7) is 5.48. The molecule has 0 spiro atoms. The van der Waals surface area contributed by atoms with Gasteiger partial charge in [-0.25, -0.2) is 0 Å². The van der Waals surface area contributed by atoms with Crippen LogP contribution in [0.2, 0.25) is 0 Å². The average Bonchev–Trinajstić information content (AvgIpc) is 2.35. The van der Waals surface area contributed by atoms with Crippen LogP contribution < -0.4 is 0 Å². The molecule has 1 radical (unpaired) electrons. The lowest BCUT2D eigenvalue weighted by molar-refractivity contribution is 0.489. The van der Waals surface area contributed by atoms with E-state index in [0.29, 0.717) is 0 Å². The van der Waals surface area contributed by atoms with Gasteiger partial charge in [-0.2, -0.15) is 5.10 Å². The van der Waals surface area contributed by atoms with Crippen LogP contribution in [0.1, 0.15) is 26.7 Å². The number of aryl methyl sites for hydroxylation is 1. The minimum absolute atomic E-state index is 0.785. The summed E-state index contributed by atoms with van der Waals surface area (Å²) in [6.07, 6.45) is 7.25. The van der Waals surface area contributed by atoms with Gasteiger partial charge in [0.1, 0.15) is 6.20 Å². The molecule has 0 aliphatic heterocycles. The van der Waals surface area contributed by atoms with Crippen molar-refractivity contribution in [3.8, 4) is 0 Å². The third-order valence-corrected chi connectivity index (χ3v) is 2.10. The molecule has 0 aliphatic carbocycles. The summed E-state index contributed by atoms with van der Waals surface area (Å²) in [5.74, 6) is 0.785. The Hall–Kier alpha value is -0.310. The largest absolute Gasteiger partial charge is 0.271 e. The van der Waals surface area contributed by atoms with Crippen molar-refractivity contribution in [1.82, 2.24) is 9.78 Å². The van der Waals surface area contributed by atoms with Crippen molar-refractivity contribution in [1.29, 1.82) is 0 Å². The fourth-order valence-electron chi connectivity index (χ4n) is 1.08. The maximum absolute atomic E-state index is 4.06. The van der Waals surface area contributed by atoms with E-state index < -0.39 is 0 Å². The molecule has 1 aromatic rings. The number of hydrogen-bond acceptors (Lipinski definition) is 1. The van der Waals surface area contributed by atoms with Crippen LogP contribution >= 0.6 is 15.9 Å². The molecule has 0 unspecified atom stereocenters. The van der Waals surface area contributed by atoms with Crippen molar-refractivity contribution < 1.29 is 0 Å². The predicted molar refractivity (Wildman–Crippen MR) is 52.8 cm³/mol. The molecule has 2 nitrogen and oxygen atoms in total. The summed E-state index contributed by atoms with van der Waals surface area (Å²) < 4.78 is 2.86. The molecule has 0 atom stereocenters. The van der Waals surface area contributed by atoms with Crippen LogP contribution in [-0.4, -0.2) is 9.78 Å². The molecule has 0 aliphatic rings. The van der Waals surface area contributed by atoms with E-state index in [2.05, 4.69) is 41.1 Å². The van der Waals surface area contributed by atoms with Crippen LogP contribution in [0, 0.1) is 12.1 Å². The summed E-state index contributed by atoms with van der Waals surface area (Å²) in [5, 5.41) is 4.06. The van der Waals surface area contributed by atoms with E-state index in [9.17, 15) is 0 Å². The lowest BCUT2D eigenvalue weighted by Crippen LogP contribution is -1.99. The standard InChI is InChI=1S/C9H14BrN2/c1-8(2)4-3-5-12-7-9(10)6-11-12/h7-8H,3-5H2,1-2H3. The Kier molecular flexibility index (Phi) is 3.79. The van der Waals surface area contributed by atoms with Gasteiger partial charge in [-0.15, -0.1) is 0 Å². The third kappa shape index (κ3) is 3.39. The molecule has 3 heteroatoms. The summed E-state index contributed by atoms with van der Waals surface area (Å²) in [6, 6.07) is 0. The van der Waals surface area contributed by atoms with Gasteiger partial charge in [-0.05, 0) is 34.7 Å². The predicted octanol–water partition coefficient (Wildman–Crippen LogP) is 2.88. The normalized spacial score (nSPS) is 11.0. The number of rotatable bonds is 4. The van der Waals surface area contributed by atoms with E-state index in [1.54, 1.807) is 0 Å². The van der Waals surface area contributed by atoms with Gasteiger partial charge in [0.05, 0.1) is 4.47 Å². The highest BCUT2D eigenvalue weighted by Crippen LogP contribution is 2.08. The molecule has 0 aromatic carbocycles. The number of nitrogens with zero attached hydrogens (tertiary/aromatic N) is 2. The van der Waals surface area contributed by atoms with Gasteiger partial charge in [0, 0.05) is 12.7 Å². The summed E-state index contributed by atoms with van der Waals surface area (Å²) in [4.78, 5) is 0. The number of hydrogen-bond donors (Lipinski definition) is 0. The van der Waals surface area contributed by atoms with Crippen LogP contribution in [0.5, 0.6) is 0 Å². The second kappa shape index (κ2) is 4.65. The van der Waals surface area contributed by atoms with E-state index in [1.165, 1.54) is 12.8 Å². The molecule has 1 aromatic heterocycles.